The van der Waals surface area contributed by atoms with Gasteiger partial charge < -0.3 is 10.1 Å². The van der Waals surface area contributed by atoms with Crippen LogP contribution in [-0.4, -0.2) is 32.5 Å². The first-order valence-electron chi connectivity index (χ1n) is 12.0. The number of hydrogen-bond acceptors (Lipinski definition) is 4. The smallest absolute Gasteiger partial charge is 0.416 e. The van der Waals surface area contributed by atoms with E-state index in [1.807, 2.05) is 30.6 Å². The van der Waals surface area contributed by atoms with Crippen molar-refractivity contribution in [3.05, 3.63) is 84.4 Å². The normalized spacial score (nSPS) is 12.9. The first-order valence-corrected chi connectivity index (χ1v) is 12.0. The number of halogens is 3. The van der Waals surface area contributed by atoms with Crippen LogP contribution in [0.3, 0.4) is 0 Å². The van der Waals surface area contributed by atoms with Gasteiger partial charge in [-0.2, -0.15) is 18.3 Å². The number of amides is 1. The first kappa shape index (κ1) is 26.2. The Morgan fingerprint density at radius 1 is 1.00 bits per heavy atom. The number of benzene rings is 2. The molecular formula is C28H29F3N4O2. The highest BCUT2D eigenvalue weighted by Crippen LogP contribution is 2.29. The predicted octanol–water partition coefficient (Wildman–Crippen LogP) is 6.64. The number of ether oxygens (including phenoxy) is 1. The number of rotatable bonds is 7. The second kappa shape index (κ2) is 10.6. The van der Waals surface area contributed by atoms with Crippen LogP contribution in [-0.2, 0) is 23.9 Å². The molecule has 1 amide bonds. The molecule has 2 heterocycles. The molecule has 0 aliphatic rings. The van der Waals surface area contributed by atoms with Crippen LogP contribution in [0.5, 0.6) is 0 Å². The van der Waals surface area contributed by atoms with Crippen LogP contribution < -0.4 is 5.32 Å². The molecule has 4 rings (SSSR count). The first-order chi connectivity index (χ1) is 17.5. The highest BCUT2D eigenvalue weighted by Gasteiger charge is 2.30. The SMILES string of the molecule is CC(C)(C)OC(=O)N[C@H](CCn1cc(-c2ccc3cnccc3c2)cn1)Cc1ccc(C(F)(F)F)cc1. The van der Waals surface area contributed by atoms with Crippen molar-refractivity contribution < 1.29 is 22.7 Å². The minimum Gasteiger partial charge on any atom is -0.444 e. The van der Waals surface area contributed by atoms with Crippen molar-refractivity contribution >= 4 is 16.9 Å². The number of nitrogens with zero attached hydrogens (tertiary/aromatic N) is 3. The third-order valence-electron chi connectivity index (χ3n) is 5.80. The Labute approximate surface area is 213 Å². The molecule has 0 radical (unpaired) electrons. The molecule has 0 fully saturated rings. The molecule has 0 aliphatic heterocycles. The molecule has 194 valence electrons. The number of fused-ring (bicyclic) bond motifs is 1. The Bertz CT molecular complexity index is 1360. The molecular weight excluding hydrogens is 481 g/mol. The molecule has 1 N–H and O–H groups in total. The van der Waals surface area contributed by atoms with E-state index in [1.165, 1.54) is 12.1 Å². The minimum absolute atomic E-state index is 0.351. The van der Waals surface area contributed by atoms with Crippen LogP contribution in [0.2, 0.25) is 0 Å². The van der Waals surface area contributed by atoms with Gasteiger partial charge >= 0.3 is 12.3 Å². The summed E-state index contributed by atoms with van der Waals surface area (Å²) in [7, 11) is 0. The van der Waals surface area contributed by atoms with Gasteiger partial charge in [0.1, 0.15) is 5.60 Å². The molecule has 1 atom stereocenters. The minimum atomic E-state index is -4.40. The summed E-state index contributed by atoms with van der Waals surface area (Å²) in [5.74, 6) is 0. The molecule has 6 nitrogen and oxygen atoms in total. The second-order valence-electron chi connectivity index (χ2n) is 9.96. The van der Waals surface area contributed by atoms with Crippen LogP contribution in [0.25, 0.3) is 21.9 Å². The maximum absolute atomic E-state index is 12.9. The number of carbonyl (C=O) groups excluding carboxylic acids is 1. The summed E-state index contributed by atoms with van der Waals surface area (Å²) >= 11 is 0. The molecule has 37 heavy (non-hydrogen) atoms. The van der Waals surface area contributed by atoms with Crippen LogP contribution in [0, 0.1) is 0 Å². The number of hydrogen-bond donors (Lipinski definition) is 1. The van der Waals surface area contributed by atoms with E-state index < -0.39 is 23.4 Å². The van der Waals surface area contributed by atoms with E-state index in [4.69, 9.17) is 4.74 Å². The lowest BCUT2D eigenvalue weighted by molar-refractivity contribution is -0.137. The lowest BCUT2D eigenvalue weighted by Crippen LogP contribution is -2.40. The quantitative estimate of drug-likeness (QED) is 0.303. The monoisotopic (exact) mass is 510 g/mol. The molecule has 0 unspecified atom stereocenters. The summed E-state index contributed by atoms with van der Waals surface area (Å²) in [6.45, 7) is 5.81. The van der Waals surface area contributed by atoms with Gasteiger partial charge in [-0.05, 0) is 74.4 Å². The van der Waals surface area contributed by atoms with Gasteiger partial charge in [0, 0.05) is 42.1 Å². The van der Waals surface area contributed by atoms with Crippen molar-refractivity contribution in [3.63, 3.8) is 0 Å². The van der Waals surface area contributed by atoms with Crippen LogP contribution in [0.4, 0.5) is 18.0 Å². The molecule has 0 spiro atoms. The number of aromatic nitrogens is 3. The van der Waals surface area contributed by atoms with E-state index in [0.717, 1.165) is 34.0 Å². The van der Waals surface area contributed by atoms with Gasteiger partial charge in [-0.3, -0.25) is 9.67 Å². The zero-order valence-corrected chi connectivity index (χ0v) is 20.9. The van der Waals surface area contributed by atoms with Gasteiger partial charge in [0.2, 0.25) is 0 Å². The third kappa shape index (κ3) is 7.31. The Morgan fingerprint density at radius 3 is 2.46 bits per heavy atom. The Hall–Kier alpha value is -3.88. The largest absolute Gasteiger partial charge is 0.444 e. The van der Waals surface area contributed by atoms with Crippen LogP contribution >= 0.6 is 0 Å². The van der Waals surface area contributed by atoms with E-state index in [2.05, 4.69) is 21.5 Å². The third-order valence-corrected chi connectivity index (χ3v) is 5.80. The maximum atomic E-state index is 12.9. The van der Waals surface area contributed by atoms with Crippen LogP contribution in [0.1, 0.15) is 38.3 Å². The van der Waals surface area contributed by atoms with E-state index in [-0.39, 0.29) is 6.04 Å². The summed E-state index contributed by atoms with van der Waals surface area (Å²) in [5.41, 5.74) is 1.29. The number of alkyl halides is 3. The van der Waals surface area contributed by atoms with E-state index in [1.54, 1.807) is 37.8 Å². The topological polar surface area (TPSA) is 69.0 Å². The molecule has 0 aliphatic carbocycles. The summed E-state index contributed by atoms with van der Waals surface area (Å²) in [5, 5.41) is 9.47. The highest BCUT2D eigenvalue weighted by atomic mass is 19.4. The van der Waals surface area contributed by atoms with Crippen LogP contribution in [0.15, 0.2) is 73.3 Å². The maximum Gasteiger partial charge on any atom is 0.416 e. The Kier molecular flexibility index (Phi) is 7.52. The van der Waals surface area contributed by atoms with Gasteiger partial charge in [-0.1, -0.05) is 24.3 Å². The van der Waals surface area contributed by atoms with E-state index >= 15 is 0 Å². The molecule has 4 aromatic rings. The predicted molar refractivity (Wildman–Crippen MR) is 136 cm³/mol. The molecule has 0 saturated carbocycles. The van der Waals surface area contributed by atoms with Crippen molar-refractivity contribution in [2.24, 2.45) is 0 Å². The summed E-state index contributed by atoms with van der Waals surface area (Å²) in [6.07, 6.45) is 3.18. The average Bonchev–Trinajstić information content (AvgIpc) is 3.30. The number of nitrogens with one attached hydrogen (secondary N) is 1. The summed E-state index contributed by atoms with van der Waals surface area (Å²) < 4.78 is 46.0. The van der Waals surface area contributed by atoms with Crippen molar-refractivity contribution in [2.45, 2.75) is 58.0 Å². The molecule has 0 saturated heterocycles. The number of alkyl carbamates (subject to hydrolysis) is 1. The standard InChI is InChI=1S/C28H29F3N4O2/c1-27(2,3)37-26(36)34-25(14-19-4-8-24(9-5-19)28(29,30)31)11-13-35-18-23(17-33-35)20-6-7-22-16-32-12-10-21(22)15-20/h4-10,12,15-18,25H,11,13-14H2,1-3H3,(H,34,36)/t25-/m1/s1. The summed E-state index contributed by atoms with van der Waals surface area (Å²) in [6, 6.07) is 12.7. The van der Waals surface area contributed by atoms with Gasteiger partial charge in [-0.25, -0.2) is 4.79 Å². The fourth-order valence-corrected chi connectivity index (χ4v) is 4.00. The van der Waals surface area contributed by atoms with Gasteiger partial charge in [0.05, 0.1) is 11.8 Å². The molecule has 0 bridgehead atoms. The fourth-order valence-electron chi connectivity index (χ4n) is 4.00. The molecule has 2 aromatic heterocycles. The van der Waals surface area contributed by atoms with Gasteiger partial charge in [-0.15, -0.1) is 0 Å². The summed E-state index contributed by atoms with van der Waals surface area (Å²) in [4.78, 5) is 16.6. The van der Waals surface area contributed by atoms with E-state index in [9.17, 15) is 18.0 Å². The Balaban J connectivity index is 1.46. The number of aryl methyl sites for hydroxylation is 1. The zero-order chi connectivity index (χ0) is 26.6. The van der Waals surface area contributed by atoms with Gasteiger partial charge in [0.25, 0.3) is 0 Å². The van der Waals surface area contributed by atoms with Crippen molar-refractivity contribution in [3.8, 4) is 11.1 Å². The van der Waals surface area contributed by atoms with E-state index in [0.29, 0.717) is 24.9 Å². The fraction of sp³-hybridized carbons (Fsp3) is 0.321. The molecule has 2 aromatic carbocycles. The van der Waals surface area contributed by atoms with Crippen molar-refractivity contribution in [1.82, 2.24) is 20.1 Å². The zero-order valence-electron chi connectivity index (χ0n) is 20.9. The van der Waals surface area contributed by atoms with Crippen molar-refractivity contribution in [1.29, 1.82) is 0 Å². The number of carbonyl (C=O) groups is 1. The van der Waals surface area contributed by atoms with Gasteiger partial charge in [0.15, 0.2) is 0 Å². The Morgan fingerprint density at radius 2 is 1.76 bits per heavy atom. The number of pyridine rings is 1. The lowest BCUT2D eigenvalue weighted by atomic mass is 10.0. The average molecular weight is 511 g/mol. The lowest BCUT2D eigenvalue weighted by Gasteiger charge is -2.24. The van der Waals surface area contributed by atoms with Crippen molar-refractivity contribution in [2.75, 3.05) is 0 Å². The molecule has 9 heteroatoms. The second-order valence-corrected chi connectivity index (χ2v) is 9.96. The highest BCUT2D eigenvalue weighted by molar-refractivity contribution is 5.86.